The number of rotatable bonds is 5. The number of hydrogen-bond acceptors (Lipinski definition) is 4. The molecule has 0 aliphatic heterocycles. The third-order valence-electron chi connectivity index (χ3n) is 3.35. The molecule has 6 heteroatoms. The predicted octanol–water partition coefficient (Wildman–Crippen LogP) is 2.51. The van der Waals surface area contributed by atoms with Gasteiger partial charge in [-0.25, -0.2) is 13.9 Å². The van der Waals surface area contributed by atoms with Crippen LogP contribution in [0, 0.1) is 5.82 Å². The number of benzene rings is 1. The minimum Gasteiger partial charge on any atom is -0.367 e. The minimum absolute atomic E-state index is 0.271. The monoisotopic (exact) mass is 299 g/mol. The Morgan fingerprint density at radius 1 is 1.23 bits per heavy atom. The Morgan fingerprint density at radius 3 is 2.86 bits per heavy atom. The van der Waals surface area contributed by atoms with Crippen molar-refractivity contribution in [2.24, 2.45) is 0 Å². The Kier molecular flexibility index (Phi) is 4.02. The van der Waals surface area contributed by atoms with E-state index in [4.69, 9.17) is 0 Å². The standard InChI is InChI=1S/C16H18FN5/c1-21(2)9-8-18-15-6-7-16-19-11-14(22(16)20-15)12-4-3-5-13(17)10-12/h3-7,10-11H,8-9H2,1-2H3,(H,18,20). The van der Waals surface area contributed by atoms with Crippen molar-refractivity contribution in [1.82, 2.24) is 19.5 Å². The second-order valence-corrected chi connectivity index (χ2v) is 5.37. The Labute approximate surface area is 128 Å². The molecule has 1 N–H and O–H groups in total. The molecule has 0 atom stereocenters. The minimum atomic E-state index is -0.271. The highest BCUT2D eigenvalue weighted by atomic mass is 19.1. The third-order valence-corrected chi connectivity index (χ3v) is 3.35. The van der Waals surface area contributed by atoms with E-state index in [0.29, 0.717) is 0 Å². The van der Waals surface area contributed by atoms with Crippen molar-refractivity contribution >= 4 is 11.5 Å². The SMILES string of the molecule is CN(C)CCNc1ccc2ncc(-c3cccc(F)c3)n2n1. The first-order chi connectivity index (χ1) is 10.6. The highest BCUT2D eigenvalue weighted by Gasteiger charge is 2.08. The van der Waals surface area contributed by atoms with Crippen LogP contribution in [0.15, 0.2) is 42.6 Å². The van der Waals surface area contributed by atoms with Crippen LogP contribution in [0.5, 0.6) is 0 Å². The van der Waals surface area contributed by atoms with Crippen LogP contribution in [-0.2, 0) is 0 Å². The number of halogens is 1. The van der Waals surface area contributed by atoms with Gasteiger partial charge in [-0.1, -0.05) is 12.1 Å². The van der Waals surface area contributed by atoms with E-state index < -0.39 is 0 Å². The maximum Gasteiger partial charge on any atom is 0.154 e. The molecular formula is C16H18FN5. The molecule has 0 aliphatic rings. The molecule has 0 amide bonds. The summed E-state index contributed by atoms with van der Waals surface area (Å²) in [4.78, 5) is 6.41. The van der Waals surface area contributed by atoms with Gasteiger partial charge in [0.25, 0.3) is 0 Å². The number of aromatic nitrogens is 3. The van der Waals surface area contributed by atoms with E-state index in [1.807, 2.05) is 32.3 Å². The quantitative estimate of drug-likeness (QED) is 0.786. The molecule has 0 radical (unpaired) electrons. The van der Waals surface area contributed by atoms with Gasteiger partial charge in [-0.15, -0.1) is 5.10 Å². The predicted molar refractivity (Wildman–Crippen MR) is 85.4 cm³/mol. The molecule has 0 saturated carbocycles. The molecule has 2 aromatic heterocycles. The Morgan fingerprint density at radius 2 is 2.09 bits per heavy atom. The summed E-state index contributed by atoms with van der Waals surface area (Å²) < 4.78 is 15.1. The van der Waals surface area contributed by atoms with Crippen molar-refractivity contribution in [2.45, 2.75) is 0 Å². The first-order valence-electron chi connectivity index (χ1n) is 7.13. The molecular weight excluding hydrogens is 281 g/mol. The van der Waals surface area contributed by atoms with Gasteiger partial charge in [0.1, 0.15) is 11.6 Å². The summed E-state index contributed by atoms with van der Waals surface area (Å²) in [5.41, 5.74) is 2.26. The van der Waals surface area contributed by atoms with E-state index in [-0.39, 0.29) is 5.82 Å². The topological polar surface area (TPSA) is 45.5 Å². The second kappa shape index (κ2) is 6.11. The second-order valence-electron chi connectivity index (χ2n) is 5.37. The van der Waals surface area contributed by atoms with Gasteiger partial charge in [-0.05, 0) is 38.4 Å². The van der Waals surface area contributed by atoms with Crippen molar-refractivity contribution in [1.29, 1.82) is 0 Å². The lowest BCUT2D eigenvalue weighted by molar-refractivity contribution is 0.425. The number of imidazole rings is 1. The highest BCUT2D eigenvalue weighted by molar-refractivity contribution is 5.63. The first-order valence-corrected chi connectivity index (χ1v) is 7.13. The fourth-order valence-corrected chi connectivity index (χ4v) is 2.22. The Bertz CT molecular complexity index is 781. The molecule has 0 bridgehead atoms. The van der Waals surface area contributed by atoms with Crippen LogP contribution in [0.3, 0.4) is 0 Å². The summed E-state index contributed by atoms with van der Waals surface area (Å²) in [6.07, 6.45) is 1.71. The number of likely N-dealkylation sites (N-methyl/N-ethyl adjacent to an activating group) is 1. The zero-order valence-corrected chi connectivity index (χ0v) is 12.6. The number of anilines is 1. The van der Waals surface area contributed by atoms with Gasteiger partial charge >= 0.3 is 0 Å². The molecule has 3 aromatic rings. The van der Waals surface area contributed by atoms with Crippen LogP contribution in [0.2, 0.25) is 0 Å². The molecule has 3 rings (SSSR count). The van der Waals surface area contributed by atoms with Crippen LogP contribution in [0.1, 0.15) is 0 Å². The van der Waals surface area contributed by atoms with Crippen LogP contribution in [-0.4, -0.2) is 46.7 Å². The van der Waals surface area contributed by atoms with Crippen LogP contribution in [0.25, 0.3) is 16.9 Å². The molecule has 1 aromatic carbocycles. The smallest absolute Gasteiger partial charge is 0.154 e. The van der Waals surface area contributed by atoms with Crippen LogP contribution < -0.4 is 5.32 Å². The summed E-state index contributed by atoms with van der Waals surface area (Å²) in [7, 11) is 4.05. The van der Waals surface area contributed by atoms with E-state index in [0.717, 1.165) is 35.8 Å². The molecule has 0 aliphatic carbocycles. The average molecular weight is 299 g/mol. The zero-order chi connectivity index (χ0) is 15.5. The van der Waals surface area contributed by atoms with Crippen molar-refractivity contribution < 1.29 is 4.39 Å². The van der Waals surface area contributed by atoms with Crippen LogP contribution in [0.4, 0.5) is 10.2 Å². The van der Waals surface area contributed by atoms with Crippen molar-refractivity contribution in [3.8, 4) is 11.3 Å². The molecule has 114 valence electrons. The summed E-state index contributed by atoms with van der Waals surface area (Å²) in [6.45, 7) is 1.72. The van der Waals surface area contributed by atoms with Gasteiger partial charge in [0, 0.05) is 18.7 Å². The van der Waals surface area contributed by atoms with Gasteiger partial charge < -0.3 is 10.2 Å². The van der Waals surface area contributed by atoms with Crippen LogP contribution >= 0.6 is 0 Å². The highest BCUT2D eigenvalue weighted by Crippen LogP contribution is 2.21. The maximum atomic E-state index is 13.4. The molecule has 0 saturated heterocycles. The zero-order valence-electron chi connectivity index (χ0n) is 12.6. The fourth-order valence-electron chi connectivity index (χ4n) is 2.22. The first kappa shape index (κ1) is 14.5. The maximum absolute atomic E-state index is 13.4. The van der Waals surface area contributed by atoms with Gasteiger partial charge in [-0.3, -0.25) is 0 Å². The van der Waals surface area contributed by atoms with Gasteiger partial charge in [0.15, 0.2) is 5.65 Å². The van der Waals surface area contributed by atoms with Crippen molar-refractivity contribution in [3.05, 3.63) is 48.4 Å². The number of nitrogens with zero attached hydrogens (tertiary/aromatic N) is 4. The molecule has 0 unspecified atom stereocenters. The normalized spacial score (nSPS) is 11.3. The number of hydrogen-bond donors (Lipinski definition) is 1. The average Bonchev–Trinajstić information content (AvgIpc) is 2.90. The lowest BCUT2D eigenvalue weighted by atomic mass is 10.2. The molecule has 2 heterocycles. The largest absolute Gasteiger partial charge is 0.367 e. The lowest BCUT2D eigenvalue weighted by Crippen LogP contribution is -2.21. The van der Waals surface area contributed by atoms with E-state index in [1.165, 1.54) is 12.1 Å². The van der Waals surface area contributed by atoms with Crippen molar-refractivity contribution in [2.75, 3.05) is 32.5 Å². The van der Waals surface area contributed by atoms with E-state index in [9.17, 15) is 4.39 Å². The van der Waals surface area contributed by atoms with E-state index in [1.54, 1.807) is 16.8 Å². The molecule has 0 spiro atoms. The number of nitrogens with one attached hydrogen (secondary N) is 1. The summed E-state index contributed by atoms with van der Waals surface area (Å²) >= 11 is 0. The molecule has 5 nitrogen and oxygen atoms in total. The lowest BCUT2D eigenvalue weighted by Gasteiger charge is -2.11. The van der Waals surface area contributed by atoms with Gasteiger partial charge in [0.2, 0.25) is 0 Å². The molecule has 0 fully saturated rings. The van der Waals surface area contributed by atoms with E-state index in [2.05, 4.69) is 20.3 Å². The fraction of sp³-hybridized carbons (Fsp3) is 0.250. The summed E-state index contributed by atoms with van der Waals surface area (Å²) in [5.74, 6) is 0.498. The summed E-state index contributed by atoms with van der Waals surface area (Å²) in [5, 5.41) is 7.81. The Hall–Kier alpha value is -2.47. The Balaban J connectivity index is 1.92. The molecule has 22 heavy (non-hydrogen) atoms. The van der Waals surface area contributed by atoms with Gasteiger partial charge in [0.05, 0.1) is 11.9 Å². The van der Waals surface area contributed by atoms with E-state index >= 15 is 0 Å². The summed E-state index contributed by atoms with van der Waals surface area (Å²) in [6, 6.07) is 10.2. The number of fused-ring (bicyclic) bond motifs is 1. The van der Waals surface area contributed by atoms with Gasteiger partial charge in [-0.2, -0.15) is 0 Å². The third kappa shape index (κ3) is 3.07. The van der Waals surface area contributed by atoms with Crippen molar-refractivity contribution in [3.63, 3.8) is 0 Å².